The predicted octanol–water partition coefficient (Wildman–Crippen LogP) is 2.36. The summed E-state index contributed by atoms with van der Waals surface area (Å²) in [7, 11) is 0. The topological polar surface area (TPSA) is 84.2 Å². The number of rotatable bonds is 4. The first kappa shape index (κ1) is 14.7. The van der Waals surface area contributed by atoms with Crippen LogP contribution in [0.15, 0.2) is 48.5 Å². The smallest absolute Gasteiger partial charge is 0.255 e. The highest BCUT2D eigenvalue weighted by Gasteiger charge is 2.06. The van der Waals surface area contributed by atoms with E-state index >= 15 is 0 Å². The molecule has 0 heterocycles. The second-order valence-corrected chi connectivity index (χ2v) is 4.61. The summed E-state index contributed by atoms with van der Waals surface area (Å²) in [6, 6.07) is 14.1. The van der Waals surface area contributed by atoms with Crippen molar-refractivity contribution in [3.8, 4) is 0 Å². The number of carbonyl (C=O) groups excluding carboxylic acids is 2. The molecule has 0 aromatic heterocycles. The molecule has 0 aliphatic heterocycles. The number of amides is 2. The molecule has 108 valence electrons. The quantitative estimate of drug-likeness (QED) is 0.805. The molecule has 4 N–H and O–H groups in total. The van der Waals surface area contributed by atoms with E-state index in [0.29, 0.717) is 23.5 Å². The summed E-state index contributed by atoms with van der Waals surface area (Å²) < 4.78 is 0. The van der Waals surface area contributed by atoms with Crippen molar-refractivity contribution in [3.05, 3.63) is 59.7 Å². The SMILES string of the molecule is CC(=O)Nc1ccc(NC(=O)c2ccc(CN)cc2)cc1. The average Bonchev–Trinajstić information content (AvgIpc) is 2.49. The zero-order valence-corrected chi connectivity index (χ0v) is 11.7. The number of anilines is 2. The Morgan fingerprint density at radius 3 is 1.90 bits per heavy atom. The standard InChI is InChI=1S/C16H17N3O2/c1-11(20)18-14-6-8-15(9-7-14)19-16(21)13-4-2-12(10-17)3-5-13/h2-9H,10,17H2,1H3,(H,18,20)(H,19,21). The van der Waals surface area contributed by atoms with Crippen molar-refractivity contribution in [2.75, 3.05) is 10.6 Å². The molecular weight excluding hydrogens is 266 g/mol. The van der Waals surface area contributed by atoms with Crippen LogP contribution in [0.3, 0.4) is 0 Å². The molecule has 0 atom stereocenters. The van der Waals surface area contributed by atoms with E-state index in [9.17, 15) is 9.59 Å². The highest BCUT2D eigenvalue weighted by molar-refractivity contribution is 6.04. The summed E-state index contributed by atoms with van der Waals surface area (Å²) in [6.45, 7) is 1.90. The molecule has 2 aromatic carbocycles. The third-order valence-corrected chi connectivity index (χ3v) is 2.91. The molecule has 0 fully saturated rings. The van der Waals surface area contributed by atoms with Crippen molar-refractivity contribution < 1.29 is 9.59 Å². The summed E-state index contributed by atoms with van der Waals surface area (Å²) >= 11 is 0. The lowest BCUT2D eigenvalue weighted by Gasteiger charge is -2.07. The molecule has 0 spiro atoms. The van der Waals surface area contributed by atoms with Crippen LogP contribution in [-0.4, -0.2) is 11.8 Å². The van der Waals surface area contributed by atoms with Crippen LogP contribution in [0.2, 0.25) is 0 Å². The molecule has 21 heavy (non-hydrogen) atoms. The highest BCUT2D eigenvalue weighted by atomic mass is 16.2. The minimum absolute atomic E-state index is 0.133. The molecule has 0 bridgehead atoms. The first-order valence-electron chi connectivity index (χ1n) is 6.56. The Bertz CT molecular complexity index is 634. The van der Waals surface area contributed by atoms with Crippen molar-refractivity contribution >= 4 is 23.2 Å². The fourth-order valence-corrected chi connectivity index (χ4v) is 1.84. The van der Waals surface area contributed by atoms with E-state index in [1.54, 1.807) is 36.4 Å². The van der Waals surface area contributed by atoms with Gasteiger partial charge >= 0.3 is 0 Å². The molecule has 0 radical (unpaired) electrons. The van der Waals surface area contributed by atoms with E-state index in [0.717, 1.165) is 5.56 Å². The van der Waals surface area contributed by atoms with Crippen LogP contribution in [0.4, 0.5) is 11.4 Å². The van der Waals surface area contributed by atoms with Gasteiger partial charge in [-0.2, -0.15) is 0 Å². The van der Waals surface area contributed by atoms with E-state index in [2.05, 4.69) is 10.6 Å². The van der Waals surface area contributed by atoms with E-state index in [4.69, 9.17) is 5.73 Å². The Morgan fingerprint density at radius 1 is 0.905 bits per heavy atom. The lowest BCUT2D eigenvalue weighted by Crippen LogP contribution is -2.12. The number of hydrogen-bond acceptors (Lipinski definition) is 3. The normalized spacial score (nSPS) is 10.0. The summed E-state index contributed by atoms with van der Waals surface area (Å²) in [6.07, 6.45) is 0. The van der Waals surface area contributed by atoms with Crippen molar-refractivity contribution in [2.24, 2.45) is 5.73 Å². The molecule has 0 aliphatic rings. The molecule has 0 saturated carbocycles. The molecule has 0 unspecified atom stereocenters. The van der Waals surface area contributed by atoms with Crippen LogP contribution in [-0.2, 0) is 11.3 Å². The number of hydrogen-bond donors (Lipinski definition) is 3. The van der Waals surface area contributed by atoms with Gasteiger partial charge in [-0.15, -0.1) is 0 Å². The van der Waals surface area contributed by atoms with Gasteiger partial charge in [-0.1, -0.05) is 12.1 Å². The predicted molar refractivity (Wildman–Crippen MR) is 83.0 cm³/mol. The van der Waals surface area contributed by atoms with Crippen LogP contribution in [0.1, 0.15) is 22.8 Å². The molecule has 5 nitrogen and oxygen atoms in total. The van der Waals surface area contributed by atoms with Gasteiger partial charge in [0.25, 0.3) is 5.91 Å². The minimum atomic E-state index is -0.189. The zero-order valence-electron chi connectivity index (χ0n) is 11.7. The van der Waals surface area contributed by atoms with Gasteiger partial charge in [0, 0.05) is 30.4 Å². The van der Waals surface area contributed by atoms with Gasteiger partial charge < -0.3 is 16.4 Å². The third kappa shape index (κ3) is 4.15. The van der Waals surface area contributed by atoms with Crippen molar-refractivity contribution in [1.82, 2.24) is 0 Å². The summed E-state index contributed by atoms with van der Waals surface area (Å²) in [5.74, 6) is -0.322. The Kier molecular flexibility index (Phi) is 4.68. The summed E-state index contributed by atoms with van der Waals surface area (Å²) in [4.78, 5) is 23.0. The zero-order chi connectivity index (χ0) is 15.2. The molecule has 2 amide bonds. The Morgan fingerprint density at radius 2 is 1.43 bits per heavy atom. The molecule has 2 aromatic rings. The maximum absolute atomic E-state index is 12.1. The first-order chi connectivity index (χ1) is 10.1. The average molecular weight is 283 g/mol. The van der Waals surface area contributed by atoms with Crippen LogP contribution in [0.5, 0.6) is 0 Å². The van der Waals surface area contributed by atoms with Crippen LogP contribution in [0, 0.1) is 0 Å². The fourth-order valence-electron chi connectivity index (χ4n) is 1.84. The van der Waals surface area contributed by atoms with E-state index < -0.39 is 0 Å². The molecule has 0 saturated heterocycles. The molecule has 2 rings (SSSR count). The molecule has 0 aliphatic carbocycles. The Balaban J connectivity index is 2.03. The largest absolute Gasteiger partial charge is 0.326 e. The second kappa shape index (κ2) is 6.67. The van der Waals surface area contributed by atoms with Crippen LogP contribution < -0.4 is 16.4 Å². The monoisotopic (exact) mass is 283 g/mol. The van der Waals surface area contributed by atoms with Gasteiger partial charge in [0.1, 0.15) is 0 Å². The van der Waals surface area contributed by atoms with Gasteiger partial charge in [0.05, 0.1) is 0 Å². The minimum Gasteiger partial charge on any atom is -0.326 e. The number of benzene rings is 2. The van der Waals surface area contributed by atoms with E-state index in [-0.39, 0.29) is 11.8 Å². The summed E-state index contributed by atoms with van der Waals surface area (Å²) in [5, 5.41) is 5.46. The Hall–Kier alpha value is -2.66. The third-order valence-electron chi connectivity index (χ3n) is 2.91. The van der Waals surface area contributed by atoms with Gasteiger partial charge in [-0.3, -0.25) is 9.59 Å². The van der Waals surface area contributed by atoms with Gasteiger partial charge in [0.2, 0.25) is 5.91 Å². The molecular formula is C16H17N3O2. The van der Waals surface area contributed by atoms with Crippen LogP contribution >= 0.6 is 0 Å². The van der Waals surface area contributed by atoms with Gasteiger partial charge in [-0.25, -0.2) is 0 Å². The Labute approximate surface area is 123 Å². The number of nitrogens with two attached hydrogens (primary N) is 1. The maximum atomic E-state index is 12.1. The lowest BCUT2D eigenvalue weighted by molar-refractivity contribution is -0.114. The van der Waals surface area contributed by atoms with E-state index in [1.165, 1.54) is 6.92 Å². The fraction of sp³-hybridized carbons (Fsp3) is 0.125. The van der Waals surface area contributed by atoms with Gasteiger partial charge in [0.15, 0.2) is 0 Å². The van der Waals surface area contributed by atoms with Crippen molar-refractivity contribution in [2.45, 2.75) is 13.5 Å². The van der Waals surface area contributed by atoms with Crippen molar-refractivity contribution in [3.63, 3.8) is 0 Å². The van der Waals surface area contributed by atoms with Crippen LogP contribution in [0.25, 0.3) is 0 Å². The van der Waals surface area contributed by atoms with E-state index in [1.807, 2.05) is 12.1 Å². The highest BCUT2D eigenvalue weighted by Crippen LogP contribution is 2.15. The van der Waals surface area contributed by atoms with Gasteiger partial charge in [-0.05, 0) is 42.0 Å². The van der Waals surface area contributed by atoms with Crippen molar-refractivity contribution in [1.29, 1.82) is 0 Å². The lowest BCUT2D eigenvalue weighted by atomic mass is 10.1. The number of carbonyl (C=O) groups is 2. The summed E-state index contributed by atoms with van der Waals surface area (Å²) in [5.41, 5.74) is 8.42. The second-order valence-electron chi connectivity index (χ2n) is 4.61. The number of nitrogens with one attached hydrogen (secondary N) is 2. The maximum Gasteiger partial charge on any atom is 0.255 e. The first-order valence-corrected chi connectivity index (χ1v) is 6.56. The molecule has 5 heteroatoms.